The maximum atomic E-state index is 12.3. The van der Waals surface area contributed by atoms with Gasteiger partial charge in [-0.25, -0.2) is 0 Å². The number of rotatable bonds is 3. The van der Waals surface area contributed by atoms with Gasteiger partial charge in [-0.3, -0.25) is 4.79 Å². The molecule has 0 saturated carbocycles. The predicted molar refractivity (Wildman–Crippen MR) is 92.4 cm³/mol. The van der Waals surface area contributed by atoms with E-state index in [2.05, 4.69) is 12.2 Å². The third-order valence-electron chi connectivity index (χ3n) is 3.64. The van der Waals surface area contributed by atoms with Crippen molar-refractivity contribution in [2.75, 3.05) is 16.8 Å². The number of fused-ring (bicyclic) bond motifs is 1. The number of carbonyl (C=O) groups is 1. The molecule has 1 aromatic carbocycles. The highest BCUT2D eigenvalue weighted by Gasteiger charge is 2.17. The summed E-state index contributed by atoms with van der Waals surface area (Å²) >= 11 is 3.55. The highest BCUT2D eigenvalue weighted by molar-refractivity contribution is 7.98. The number of anilines is 2. The Balaban J connectivity index is 1.77. The number of nitrogens with one attached hydrogen (secondary N) is 1. The Morgan fingerprint density at radius 3 is 2.95 bits per heavy atom. The molecule has 5 heteroatoms. The maximum Gasteiger partial charge on any atom is 0.265 e. The van der Waals surface area contributed by atoms with Crippen molar-refractivity contribution in [3.8, 4) is 0 Å². The standard InChI is InChI=1S/C16H18N2OS2/c1-2-10-3-4-12(8-13(10)17)18-16(19)15-7-11-9-20-6-5-14(11)21-15/h3-4,7-8H,2,5-6,9,17H2,1H3,(H,18,19). The first-order valence-corrected chi connectivity index (χ1v) is 9.03. The van der Waals surface area contributed by atoms with Crippen molar-refractivity contribution in [3.05, 3.63) is 45.1 Å². The first-order valence-electron chi connectivity index (χ1n) is 7.06. The fourth-order valence-corrected chi connectivity index (χ4v) is 4.71. The number of aryl methyl sites for hydroxylation is 2. The summed E-state index contributed by atoms with van der Waals surface area (Å²) < 4.78 is 0. The lowest BCUT2D eigenvalue weighted by Gasteiger charge is -2.08. The molecule has 3 nitrogen and oxygen atoms in total. The molecule has 3 N–H and O–H groups in total. The molecule has 0 bridgehead atoms. The Morgan fingerprint density at radius 2 is 2.24 bits per heavy atom. The van der Waals surface area contributed by atoms with E-state index in [-0.39, 0.29) is 5.91 Å². The van der Waals surface area contributed by atoms with Crippen LogP contribution in [-0.2, 0) is 18.6 Å². The average Bonchev–Trinajstić information content (AvgIpc) is 2.91. The monoisotopic (exact) mass is 318 g/mol. The van der Waals surface area contributed by atoms with Crippen LogP contribution in [0.15, 0.2) is 24.3 Å². The summed E-state index contributed by atoms with van der Waals surface area (Å²) in [5.41, 5.74) is 9.90. The van der Waals surface area contributed by atoms with E-state index in [1.165, 1.54) is 10.4 Å². The number of nitrogens with two attached hydrogens (primary N) is 1. The highest BCUT2D eigenvalue weighted by Crippen LogP contribution is 2.32. The van der Waals surface area contributed by atoms with Crippen LogP contribution in [0.2, 0.25) is 0 Å². The molecule has 3 rings (SSSR count). The number of carbonyl (C=O) groups excluding carboxylic acids is 1. The van der Waals surface area contributed by atoms with E-state index in [4.69, 9.17) is 5.73 Å². The Bertz CT molecular complexity index is 655. The van der Waals surface area contributed by atoms with Crippen molar-refractivity contribution in [1.29, 1.82) is 0 Å². The number of thiophene rings is 1. The lowest BCUT2D eigenvalue weighted by molar-refractivity contribution is 0.103. The van der Waals surface area contributed by atoms with Crippen molar-refractivity contribution in [2.45, 2.75) is 25.5 Å². The summed E-state index contributed by atoms with van der Waals surface area (Å²) in [6.45, 7) is 2.07. The third kappa shape index (κ3) is 3.09. The Kier molecular flexibility index (Phi) is 4.22. The van der Waals surface area contributed by atoms with Crippen molar-refractivity contribution in [3.63, 3.8) is 0 Å². The van der Waals surface area contributed by atoms with Crippen LogP contribution in [0.4, 0.5) is 11.4 Å². The van der Waals surface area contributed by atoms with Crippen LogP contribution in [-0.4, -0.2) is 11.7 Å². The number of hydrogen-bond acceptors (Lipinski definition) is 4. The smallest absolute Gasteiger partial charge is 0.265 e. The van der Waals surface area contributed by atoms with Crippen LogP contribution < -0.4 is 11.1 Å². The largest absolute Gasteiger partial charge is 0.398 e. The fourth-order valence-electron chi connectivity index (χ4n) is 2.45. The van der Waals surface area contributed by atoms with E-state index in [0.717, 1.165) is 46.2 Å². The molecule has 21 heavy (non-hydrogen) atoms. The minimum absolute atomic E-state index is 0.0388. The molecule has 0 spiro atoms. The minimum atomic E-state index is -0.0388. The average molecular weight is 318 g/mol. The lowest BCUT2D eigenvalue weighted by atomic mass is 10.1. The van der Waals surface area contributed by atoms with Crippen LogP contribution in [0, 0.1) is 0 Å². The van der Waals surface area contributed by atoms with Gasteiger partial charge < -0.3 is 11.1 Å². The molecule has 1 aliphatic rings. The molecular formula is C16H18N2OS2. The van der Waals surface area contributed by atoms with Gasteiger partial charge in [0.1, 0.15) is 0 Å². The second-order valence-electron chi connectivity index (χ2n) is 5.08. The highest BCUT2D eigenvalue weighted by atomic mass is 32.2. The van der Waals surface area contributed by atoms with Gasteiger partial charge in [0, 0.05) is 22.0 Å². The predicted octanol–water partition coefficient (Wildman–Crippen LogP) is 3.93. The zero-order valence-corrected chi connectivity index (χ0v) is 13.6. The second kappa shape index (κ2) is 6.12. The van der Waals surface area contributed by atoms with E-state index in [1.807, 2.05) is 36.0 Å². The molecule has 1 aromatic heterocycles. The van der Waals surface area contributed by atoms with Crippen LogP contribution in [0.25, 0.3) is 0 Å². The summed E-state index contributed by atoms with van der Waals surface area (Å²) in [4.78, 5) is 14.5. The fraction of sp³-hybridized carbons (Fsp3) is 0.312. The van der Waals surface area contributed by atoms with Crippen LogP contribution in [0.1, 0.15) is 32.6 Å². The zero-order chi connectivity index (χ0) is 14.8. The van der Waals surface area contributed by atoms with E-state index in [9.17, 15) is 4.79 Å². The first-order chi connectivity index (χ1) is 10.2. The van der Waals surface area contributed by atoms with Crippen LogP contribution in [0.3, 0.4) is 0 Å². The second-order valence-corrected chi connectivity index (χ2v) is 7.32. The molecule has 0 radical (unpaired) electrons. The van der Waals surface area contributed by atoms with E-state index in [0.29, 0.717) is 0 Å². The van der Waals surface area contributed by atoms with E-state index < -0.39 is 0 Å². The summed E-state index contributed by atoms with van der Waals surface area (Å²) in [5, 5.41) is 2.94. The molecule has 0 fully saturated rings. The normalized spacial score (nSPS) is 13.8. The number of hydrogen-bond donors (Lipinski definition) is 2. The molecule has 0 aliphatic carbocycles. The third-order valence-corrected chi connectivity index (χ3v) is 5.88. The minimum Gasteiger partial charge on any atom is -0.398 e. The Morgan fingerprint density at radius 1 is 1.38 bits per heavy atom. The van der Waals surface area contributed by atoms with Gasteiger partial charge in [0.25, 0.3) is 5.91 Å². The molecule has 1 aliphatic heterocycles. The molecule has 2 aromatic rings. The van der Waals surface area contributed by atoms with Crippen molar-refractivity contribution in [2.24, 2.45) is 0 Å². The van der Waals surface area contributed by atoms with Crippen molar-refractivity contribution < 1.29 is 4.79 Å². The summed E-state index contributed by atoms with van der Waals surface area (Å²) in [5.74, 6) is 2.14. The quantitative estimate of drug-likeness (QED) is 0.843. The van der Waals surface area contributed by atoms with E-state index >= 15 is 0 Å². The molecule has 0 saturated heterocycles. The molecule has 110 valence electrons. The summed E-state index contributed by atoms with van der Waals surface area (Å²) in [6.07, 6.45) is 1.98. The van der Waals surface area contributed by atoms with Gasteiger partial charge in [0.2, 0.25) is 0 Å². The Hall–Kier alpha value is -1.46. The van der Waals surface area contributed by atoms with Gasteiger partial charge in [-0.1, -0.05) is 13.0 Å². The SMILES string of the molecule is CCc1ccc(NC(=O)c2cc3c(s2)CCSC3)cc1N. The molecule has 0 atom stereocenters. The molecular weight excluding hydrogens is 300 g/mol. The first kappa shape index (κ1) is 14.5. The topological polar surface area (TPSA) is 55.1 Å². The van der Waals surface area contributed by atoms with Crippen LogP contribution in [0.5, 0.6) is 0 Å². The van der Waals surface area contributed by atoms with Crippen LogP contribution >= 0.6 is 23.1 Å². The molecule has 2 heterocycles. The zero-order valence-electron chi connectivity index (χ0n) is 11.9. The number of amides is 1. The molecule has 1 amide bonds. The summed E-state index contributed by atoms with van der Waals surface area (Å²) in [6, 6.07) is 7.75. The van der Waals surface area contributed by atoms with Gasteiger partial charge >= 0.3 is 0 Å². The number of thioether (sulfide) groups is 1. The number of benzene rings is 1. The van der Waals surface area contributed by atoms with Gasteiger partial charge in [-0.15, -0.1) is 11.3 Å². The van der Waals surface area contributed by atoms with Gasteiger partial charge in [-0.2, -0.15) is 11.8 Å². The van der Waals surface area contributed by atoms with Crippen molar-refractivity contribution >= 4 is 40.4 Å². The van der Waals surface area contributed by atoms with Gasteiger partial charge in [0.15, 0.2) is 0 Å². The van der Waals surface area contributed by atoms with Crippen molar-refractivity contribution in [1.82, 2.24) is 0 Å². The summed E-state index contributed by atoms with van der Waals surface area (Å²) in [7, 11) is 0. The van der Waals surface area contributed by atoms with Gasteiger partial charge in [-0.05, 0) is 47.9 Å². The van der Waals surface area contributed by atoms with E-state index in [1.54, 1.807) is 11.3 Å². The molecule has 0 unspecified atom stereocenters. The Labute approximate surface area is 132 Å². The number of nitrogen functional groups attached to an aromatic ring is 1. The lowest BCUT2D eigenvalue weighted by Crippen LogP contribution is -2.10. The van der Waals surface area contributed by atoms with Gasteiger partial charge in [0.05, 0.1) is 4.88 Å². The maximum absolute atomic E-state index is 12.3.